The number of aromatic amines is 1. The van der Waals surface area contributed by atoms with Crippen LogP contribution in [0.4, 0.5) is 0 Å². The molecule has 20 heavy (non-hydrogen) atoms. The molecule has 0 aliphatic heterocycles. The van der Waals surface area contributed by atoms with Crippen LogP contribution in [0.3, 0.4) is 0 Å². The molecule has 0 bridgehead atoms. The van der Waals surface area contributed by atoms with E-state index in [-0.39, 0.29) is 5.56 Å². The highest BCUT2D eigenvalue weighted by molar-refractivity contribution is 7.17. The number of aliphatic hydroxyl groups is 1. The smallest absolute Gasteiger partial charge is 0.268 e. The second-order valence-corrected chi connectivity index (χ2v) is 5.60. The summed E-state index contributed by atoms with van der Waals surface area (Å²) in [5.74, 6) is 0.619. The molecule has 3 aromatic rings. The van der Waals surface area contributed by atoms with Gasteiger partial charge in [0.2, 0.25) is 0 Å². The van der Waals surface area contributed by atoms with E-state index in [0.29, 0.717) is 23.5 Å². The minimum atomic E-state index is -0.442. The van der Waals surface area contributed by atoms with E-state index < -0.39 is 6.10 Å². The molecule has 0 aliphatic carbocycles. The van der Waals surface area contributed by atoms with E-state index in [4.69, 9.17) is 0 Å². The lowest BCUT2D eigenvalue weighted by Crippen LogP contribution is -2.12. The molecule has 0 fully saturated rings. The van der Waals surface area contributed by atoms with Crippen molar-refractivity contribution in [1.29, 1.82) is 0 Å². The van der Waals surface area contributed by atoms with Crippen LogP contribution in [-0.4, -0.2) is 19.6 Å². The van der Waals surface area contributed by atoms with Crippen LogP contribution in [0.2, 0.25) is 0 Å². The summed E-state index contributed by atoms with van der Waals surface area (Å²) in [4.78, 5) is 19.1. The third kappa shape index (κ3) is 2.39. The van der Waals surface area contributed by atoms with Gasteiger partial charge in [-0.25, -0.2) is 4.98 Å². The first kappa shape index (κ1) is 13.1. The Balaban J connectivity index is 1.89. The number of nitrogens with zero attached hydrogens (tertiary/aromatic N) is 2. The average Bonchev–Trinajstić information content (AvgIpc) is 3.07. The summed E-state index contributed by atoms with van der Waals surface area (Å²) < 4.78 is 2.56. The van der Waals surface area contributed by atoms with E-state index in [1.54, 1.807) is 0 Å². The van der Waals surface area contributed by atoms with Crippen LogP contribution in [0, 0.1) is 0 Å². The van der Waals surface area contributed by atoms with Crippen LogP contribution in [0.15, 0.2) is 34.7 Å². The lowest BCUT2D eigenvalue weighted by atomic mass is 10.1. The fourth-order valence-corrected chi connectivity index (χ4v) is 2.89. The van der Waals surface area contributed by atoms with Crippen molar-refractivity contribution in [2.75, 3.05) is 0 Å². The zero-order valence-corrected chi connectivity index (χ0v) is 11.9. The molecule has 0 aromatic carbocycles. The summed E-state index contributed by atoms with van der Waals surface area (Å²) in [5.41, 5.74) is 1.52. The van der Waals surface area contributed by atoms with Gasteiger partial charge >= 0.3 is 0 Å². The van der Waals surface area contributed by atoms with Crippen molar-refractivity contribution in [1.82, 2.24) is 14.5 Å². The normalized spacial score (nSPS) is 12.9. The molecule has 0 aliphatic rings. The zero-order valence-electron chi connectivity index (χ0n) is 11.0. The van der Waals surface area contributed by atoms with Crippen molar-refractivity contribution in [2.24, 2.45) is 0 Å². The lowest BCUT2D eigenvalue weighted by molar-refractivity contribution is 0.173. The van der Waals surface area contributed by atoms with Crippen LogP contribution in [0.25, 0.3) is 10.2 Å². The Kier molecular flexibility index (Phi) is 3.42. The topological polar surface area (TPSA) is 70.9 Å². The minimum absolute atomic E-state index is 0.0963. The quantitative estimate of drug-likeness (QED) is 0.774. The molecule has 0 saturated carbocycles. The molecule has 3 aromatic heterocycles. The molecular formula is C14H15N3O2S. The molecule has 3 rings (SSSR count). The molecule has 0 saturated heterocycles. The van der Waals surface area contributed by atoms with E-state index in [2.05, 4.69) is 9.97 Å². The fourth-order valence-electron chi connectivity index (χ4n) is 2.16. The number of nitrogens with one attached hydrogen (secondary N) is 1. The van der Waals surface area contributed by atoms with Gasteiger partial charge in [-0.15, -0.1) is 11.3 Å². The molecule has 3 heterocycles. The Morgan fingerprint density at radius 1 is 1.50 bits per heavy atom. The van der Waals surface area contributed by atoms with Gasteiger partial charge in [0.05, 0.1) is 18.2 Å². The van der Waals surface area contributed by atoms with Crippen molar-refractivity contribution >= 4 is 21.6 Å². The van der Waals surface area contributed by atoms with Crippen molar-refractivity contribution in [3.63, 3.8) is 0 Å². The van der Waals surface area contributed by atoms with Crippen LogP contribution in [0.1, 0.15) is 30.8 Å². The summed E-state index contributed by atoms with van der Waals surface area (Å²) in [6, 6.07) is 3.73. The first-order chi connectivity index (χ1) is 9.67. The SMILES string of the molecule is CCC(O)c1ccn(Cc2nc3ccsc3c(=O)[nH]2)c1. The number of hydrogen-bond acceptors (Lipinski definition) is 4. The maximum atomic E-state index is 11.9. The first-order valence-electron chi connectivity index (χ1n) is 6.47. The maximum absolute atomic E-state index is 11.9. The molecule has 1 atom stereocenters. The Hall–Kier alpha value is -1.92. The molecule has 5 nitrogen and oxygen atoms in total. The summed E-state index contributed by atoms with van der Waals surface area (Å²) >= 11 is 1.39. The van der Waals surface area contributed by atoms with Crippen LogP contribution in [-0.2, 0) is 6.54 Å². The van der Waals surface area contributed by atoms with Crippen molar-refractivity contribution in [2.45, 2.75) is 26.0 Å². The van der Waals surface area contributed by atoms with Gasteiger partial charge < -0.3 is 14.7 Å². The standard InChI is InChI=1S/C14H15N3O2S/c1-2-11(18)9-3-5-17(7-9)8-12-15-10-4-6-20-13(10)14(19)16-12/h3-7,11,18H,2,8H2,1H3,(H,15,16,19). The molecule has 104 valence electrons. The number of aromatic nitrogens is 3. The lowest BCUT2D eigenvalue weighted by Gasteiger charge is -2.05. The second kappa shape index (κ2) is 5.22. The van der Waals surface area contributed by atoms with E-state index in [9.17, 15) is 9.90 Å². The average molecular weight is 289 g/mol. The fraction of sp³-hybridized carbons (Fsp3) is 0.286. The summed E-state index contributed by atoms with van der Waals surface area (Å²) in [6.07, 6.45) is 4.00. The highest BCUT2D eigenvalue weighted by Gasteiger charge is 2.08. The maximum Gasteiger partial charge on any atom is 0.268 e. The van der Waals surface area contributed by atoms with Gasteiger partial charge in [0.15, 0.2) is 0 Å². The van der Waals surface area contributed by atoms with Gasteiger partial charge in [-0.05, 0) is 29.5 Å². The van der Waals surface area contributed by atoms with Gasteiger partial charge in [-0.3, -0.25) is 4.79 Å². The Bertz CT molecular complexity index is 787. The molecule has 0 spiro atoms. The molecule has 6 heteroatoms. The summed E-state index contributed by atoms with van der Waals surface area (Å²) in [7, 11) is 0. The zero-order chi connectivity index (χ0) is 14.1. The van der Waals surface area contributed by atoms with Gasteiger partial charge in [-0.2, -0.15) is 0 Å². The predicted octanol–water partition coefficient (Wildman–Crippen LogP) is 2.28. The molecular weight excluding hydrogens is 274 g/mol. The van der Waals surface area contributed by atoms with Gasteiger partial charge in [0.1, 0.15) is 10.5 Å². The minimum Gasteiger partial charge on any atom is -0.388 e. The second-order valence-electron chi connectivity index (χ2n) is 4.69. The van der Waals surface area contributed by atoms with E-state index in [0.717, 1.165) is 11.1 Å². The molecule has 0 radical (unpaired) electrons. The van der Waals surface area contributed by atoms with Gasteiger partial charge in [0, 0.05) is 12.4 Å². The van der Waals surface area contributed by atoms with Crippen LogP contribution >= 0.6 is 11.3 Å². The molecule has 0 amide bonds. The van der Waals surface area contributed by atoms with Crippen molar-refractivity contribution in [3.05, 3.63) is 51.6 Å². The summed E-state index contributed by atoms with van der Waals surface area (Å²) in [6.45, 7) is 2.42. The summed E-state index contributed by atoms with van der Waals surface area (Å²) in [5, 5.41) is 11.6. The Morgan fingerprint density at radius 2 is 2.35 bits per heavy atom. The van der Waals surface area contributed by atoms with E-state index in [1.807, 2.05) is 41.4 Å². The molecule has 2 N–H and O–H groups in total. The number of hydrogen-bond donors (Lipinski definition) is 2. The largest absolute Gasteiger partial charge is 0.388 e. The number of rotatable bonds is 4. The molecule has 1 unspecified atom stereocenters. The number of thiophene rings is 1. The van der Waals surface area contributed by atoms with Crippen molar-refractivity contribution in [3.8, 4) is 0 Å². The Morgan fingerprint density at radius 3 is 3.15 bits per heavy atom. The Labute approximate surface area is 119 Å². The highest BCUT2D eigenvalue weighted by Crippen LogP contribution is 2.17. The predicted molar refractivity (Wildman–Crippen MR) is 79.0 cm³/mol. The van der Waals surface area contributed by atoms with Crippen molar-refractivity contribution < 1.29 is 5.11 Å². The monoisotopic (exact) mass is 289 g/mol. The number of aliphatic hydroxyl groups excluding tert-OH is 1. The first-order valence-corrected chi connectivity index (χ1v) is 7.35. The van der Waals surface area contributed by atoms with Gasteiger partial charge in [0.25, 0.3) is 5.56 Å². The van der Waals surface area contributed by atoms with E-state index in [1.165, 1.54) is 11.3 Å². The van der Waals surface area contributed by atoms with Crippen LogP contribution in [0.5, 0.6) is 0 Å². The third-order valence-corrected chi connectivity index (χ3v) is 4.14. The van der Waals surface area contributed by atoms with E-state index >= 15 is 0 Å². The third-order valence-electron chi connectivity index (χ3n) is 3.24. The van der Waals surface area contributed by atoms with Crippen LogP contribution < -0.4 is 5.56 Å². The number of H-pyrrole nitrogens is 1. The van der Waals surface area contributed by atoms with Gasteiger partial charge in [-0.1, -0.05) is 6.92 Å². The highest BCUT2D eigenvalue weighted by atomic mass is 32.1. The number of fused-ring (bicyclic) bond motifs is 1.